The molecule has 1 fully saturated rings. The molecule has 2 aromatic rings. The van der Waals surface area contributed by atoms with E-state index in [0.29, 0.717) is 28.7 Å². The van der Waals surface area contributed by atoms with Crippen molar-refractivity contribution in [3.63, 3.8) is 0 Å². The van der Waals surface area contributed by atoms with Crippen molar-refractivity contribution in [1.82, 2.24) is 14.9 Å². The molecule has 1 aliphatic carbocycles. The standard InChI is InChI=1S/C20H25N5O/c1-12-7-8-17(26)15(9-12)20-23-18(16(11-21)19(22)24-20)13-5-4-6-14(10-13)25(2)3/h7-9,13-14,26H,4-6,10H2,1-3H3,(H2,22,23,24). The summed E-state index contributed by atoms with van der Waals surface area (Å²) >= 11 is 0. The van der Waals surface area contributed by atoms with Crippen LogP contribution in [0.25, 0.3) is 11.4 Å². The van der Waals surface area contributed by atoms with Crippen LogP contribution in [0.4, 0.5) is 5.82 Å². The van der Waals surface area contributed by atoms with E-state index in [0.717, 1.165) is 31.2 Å². The van der Waals surface area contributed by atoms with E-state index in [1.165, 1.54) is 0 Å². The Balaban J connectivity index is 2.08. The lowest BCUT2D eigenvalue weighted by Gasteiger charge is -2.33. The smallest absolute Gasteiger partial charge is 0.165 e. The Bertz CT molecular complexity index is 856. The number of anilines is 1. The van der Waals surface area contributed by atoms with Crippen LogP contribution >= 0.6 is 0 Å². The Labute approximate surface area is 154 Å². The number of hydrogen-bond donors (Lipinski definition) is 2. The largest absolute Gasteiger partial charge is 0.507 e. The fraction of sp³-hybridized carbons (Fsp3) is 0.450. The molecule has 0 aliphatic heterocycles. The van der Waals surface area contributed by atoms with Gasteiger partial charge in [0.25, 0.3) is 0 Å². The monoisotopic (exact) mass is 351 g/mol. The molecule has 6 nitrogen and oxygen atoms in total. The molecule has 1 saturated carbocycles. The fourth-order valence-electron chi connectivity index (χ4n) is 3.74. The maximum absolute atomic E-state index is 10.2. The van der Waals surface area contributed by atoms with E-state index in [1.54, 1.807) is 6.07 Å². The summed E-state index contributed by atoms with van der Waals surface area (Å²) in [7, 11) is 4.17. The number of nitrogen functional groups attached to an aromatic ring is 1. The van der Waals surface area contributed by atoms with E-state index < -0.39 is 0 Å². The number of hydrogen-bond acceptors (Lipinski definition) is 6. The number of benzene rings is 1. The van der Waals surface area contributed by atoms with Crippen LogP contribution in [0.15, 0.2) is 18.2 Å². The molecule has 0 amide bonds. The van der Waals surface area contributed by atoms with Crippen molar-refractivity contribution >= 4 is 5.82 Å². The van der Waals surface area contributed by atoms with Gasteiger partial charge in [0.05, 0.1) is 11.3 Å². The summed E-state index contributed by atoms with van der Waals surface area (Å²) in [5.41, 5.74) is 8.71. The van der Waals surface area contributed by atoms with Crippen molar-refractivity contribution < 1.29 is 5.11 Å². The summed E-state index contributed by atoms with van der Waals surface area (Å²) in [6.07, 6.45) is 4.16. The number of aryl methyl sites for hydroxylation is 1. The predicted octanol–water partition coefficient (Wildman–Crippen LogP) is 3.20. The highest BCUT2D eigenvalue weighted by Crippen LogP contribution is 2.37. The van der Waals surface area contributed by atoms with Gasteiger partial charge in [0.1, 0.15) is 23.2 Å². The van der Waals surface area contributed by atoms with Gasteiger partial charge in [-0.25, -0.2) is 9.97 Å². The van der Waals surface area contributed by atoms with Gasteiger partial charge >= 0.3 is 0 Å². The SMILES string of the molecule is Cc1ccc(O)c(-c2nc(N)c(C#N)c(C3CCCC(N(C)C)C3)n2)c1. The van der Waals surface area contributed by atoms with Crippen LogP contribution in [0, 0.1) is 18.3 Å². The maximum Gasteiger partial charge on any atom is 0.165 e. The van der Waals surface area contributed by atoms with Crippen molar-refractivity contribution in [3.8, 4) is 23.2 Å². The van der Waals surface area contributed by atoms with Gasteiger partial charge in [-0.2, -0.15) is 5.26 Å². The summed E-state index contributed by atoms with van der Waals surface area (Å²) in [5.74, 6) is 0.840. The first-order chi connectivity index (χ1) is 12.4. The first kappa shape index (κ1) is 18.2. The number of phenols is 1. The summed E-state index contributed by atoms with van der Waals surface area (Å²) in [6.45, 7) is 1.94. The molecule has 3 rings (SSSR count). The second-order valence-corrected chi connectivity index (χ2v) is 7.31. The van der Waals surface area contributed by atoms with E-state index in [9.17, 15) is 10.4 Å². The molecule has 2 atom stereocenters. The summed E-state index contributed by atoms with van der Waals surface area (Å²) in [4.78, 5) is 11.2. The van der Waals surface area contributed by atoms with Gasteiger partial charge in [-0.1, -0.05) is 18.1 Å². The molecular weight excluding hydrogens is 326 g/mol. The Hall–Kier alpha value is -2.65. The Morgan fingerprint density at radius 2 is 2.04 bits per heavy atom. The lowest BCUT2D eigenvalue weighted by molar-refractivity contribution is 0.211. The molecule has 3 N–H and O–H groups in total. The van der Waals surface area contributed by atoms with Gasteiger partial charge in [-0.05, 0) is 52.4 Å². The average molecular weight is 351 g/mol. The summed E-state index contributed by atoms with van der Waals surface area (Å²) < 4.78 is 0. The van der Waals surface area contributed by atoms with E-state index in [2.05, 4.69) is 30.0 Å². The quantitative estimate of drug-likeness (QED) is 0.881. The first-order valence-electron chi connectivity index (χ1n) is 8.94. The molecule has 1 heterocycles. The Kier molecular flexibility index (Phi) is 5.10. The molecule has 1 aromatic carbocycles. The number of nitrogens with zero attached hydrogens (tertiary/aromatic N) is 4. The van der Waals surface area contributed by atoms with E-state index in [-0.39, 0.29) is 17.5 Å². The average Bonchev–Trinajstić information content (AvgIpc) is 2.63. The van der Waals surface area contributed by atoms with Crippen molar-refractivity contribution in [3.05, 3.63) is 35.0 Å². The zero-order valence-corrected chi connectivity index (χ0v) is 15.5. The summed E-state index contributed by atoms with van der Waals surface area (Å²) in [6, 6.07) is 7.94. The zero-order valence-electron chi connectivity index (χ0n) is 15.5. The number of nitrogens with two attached hydrogens (primary N) is 1. The number of aromatic nitrogens is 2. The topological polar surface area (TPSA) is 99.1 Å². The van der Waals surface area contributed by atoms with E-state index in [4.69, 9.17) is 10.7 Å². The van der Waals surface area contributed by atoms with E-state index in [1.807, 2.05) is 19.1 Å². The number of aromatic hydroxyl groups is 1. The fourth-order valence-corrected chi connectivity index (χ4v) is 3.74. The highest BCUT2D eigenvalue weighted by atomic mass is 16.3. The number of phenolic OH excluding ortho intramolecular Hbond substituents is 1. The minimum atomic E-state index is 0.112. The molecule has 136 valence electrons. The van der Waals surface area contributed by atoms with Crippen LogP contribution in [0.5, 0.6) is 5.75 Å². The molecule has 0 radical (unpaired) electrons. The van der Waals surface area contributed by atoms with Crippen LogP contribution in [-0.2, 0) is 0 Å². The summed E-state index contributed by atoms with van der Waals surface area (Å²) in [5, 5.41) is 19.8. The van der Waals surface area contributed by atoms with Crippen LogP contribution in [0.3, 0.4) is 0 Å². The van der Waals surface area contributed by atoms with Crippen molar-refractivity contribution in [2.75, 3.05) is 19.8 Å². The minimum absolute atomic E-state index is 0.112. The number of nitriles is 1. The molecule has 0 saturated heterocycles. The van der Waals surface area contributed by atoms with Gasteiger partial charge in [-0.15, -0.1) is 0 Å². The van der Waals surface area contributed by atoms with Crippen LogP contribution in [0.1, 0.15) is 48.4 Å². The molecule has 6 heteroatoms. The molecule has 0 bridgehead atoms. The highest BCUT2D eigenvalue weighted by molar-refractivity contribution is 5.67. The Morgan fingerprint density at radius 3 is 2.73 bits per heavy atom. The predicted molar refractivity (Wildman–Crippen MR) is 102 cm³/mol. The molecule has 26 heavy (non-hydrogen) atoms. The first-order valence-corrected chi connectivity index (χ1v) is 8.94. The molecule has 1 aliphatic rings. The van der Waals surface area contributed by atoms with Gasteiger partial charge in [0.15, 0.2) is 5.82 Å². The molecule has 0 spiro atoms. The van der Waals surface area contributed by atoms with Crippen LogP contribution < -0.4 is 5.73 Å². The number of rotatable bonds is 3. The van der Waals surface area contributed by atoms with Crippen molar-refractivity contribution in [2.24, 2.45) is 0 Å². The van der Waals surface area contributed by atoms with Crippen LogP contribution in [0.2, 0.25) is 0 Å². The molecular formula is C20H25N5O. The Morgan fingerprint density at radius 1 is 1.27 bits per heavy atom. The maximum atomic E-state index is 10.2. The van der Waals surface area contributed by atoms with Crippen LogP contribution in [-0.4, -0.2) is 40.1 Å². The zero-order chi connectivity index (χ0) is 18.8. The minimum Gasteiger partial charge on any atom is -0.507 e. The van der Waals surface area contributed by atoms with Gasteiger partial charge in [0.2, 0.25) is 0 Å². The van der Waals surface area contributed by atoms with E-state index >= 15 is 0 Å². The molecule has 1 aromatic heterocycles. The third kappa shape index (κ3) is 3.49. The van der Waals surface area contributed by atoms with Gasteiger partial charge < -0.3 is 15.7 Å². The van der Waals surface area contributed by atoms with Crippen molar-refractivity contribution in [1.29, 1.82) is 5.26 Å². The second-order valence-electron chi connectivity index (χ2n) is 7.31. The highest BCUT2D eigenvalue weighted by Gasteiger charge is 2.29. The lowest BCUT2D eigenvalue weighted by atomic mass is 9.82. The third-order valence-corrected chi connectivity index (χ3v) is 5.23. The lowest BCUT2D eigenvalue weighted by Crippen LogP contribution is -2.33. The normalized spacial score (nSPS) is 20.1. The second kappa shape index (κ2) is 7.30. The third-order valence-electron chi connectivity index (χ3n) is 5.23. The van der Waals surface area contributed by atoms with Crippen molar-refractivity contribution in [2.45, 2.75) is 44.6 Å². The van der Waals surface area contributed by atoms with Gasteiger partial charge in [-0.3, -0.25) is 0 Å². The van der Waals surface area contributed by atoms with Gasteiger partial charge in [0, 0.05) is 12.0 Å². The molecule has 2 unspecified atom stereocenters.